The van der Waals surface area contributed by atoms with Gasteiger partial charge in [-0.05, 0) is 20.8 Å². The van der Waals surface area contributed by atoms with Gasteiger partial charge >= 0.3 is 5.97 Å². The first-order chi connectivity index (χ1) is 7.33. The molecule has 4 nitrogen and oxygen atoms in total. The van der Waals surface area contributed by atoms with Crippen LogP contribution in [0.1, 0.15) is 27.2 Å². The molecule has 0 saturated carbocycles. The molecule has 0 N–H and O–H groups in total. The molecular weight excluding hydrogens is 213 g/mol. The van der Waals surface area contributed by atoms with Gasteiger partial charge in [-0.1, -0.05) is 0 Å². The molecule has 16 heavy (non-hydrogen) atoms. The molecule has 5 heteroatoms. The first kappa shape index (κ1) is 13.4. The molecule has 0 bridgehead atoms. The van der Waals surface area contributed by atoms with Crippen LogP contribution in [0.5, 0.6) is 0 Å². The number of hydrogen-bond donors (Lipinski definition) is 0. The Morgan fingerprint density at radius 3 is 2.62 bits per heavy atom. The van der Waals surface area contributed by atoms with Gasteiger partial charge in [0.25, 0.3) is 0 Å². The zero-order valence-corrected chi connectivity index (χ0v) is 10.3. The van der Waals surface area contributed by atoms with E-state index in [-0.39, 0.29) is 25.3 Å². The van der Waals surface area contributed by atoms with Crippen LogP contribution >= 0.6 is 0 Å². The Balaban J connectivity index is 2.53. The van der Waals surface area contributed by atoms with Crippen molar-refractivity contribution in [2.45, 2.75) is 45.0 Å². The van der Waals surface area contributed by atoms with E-state index in [4.69, 9.17) is 4.74 Å². The van der Waals surface area contributed by atoms with Gasteiger partial charge < -0.3 is 9.47 Å². The molecule has 1 aliphatic rings. The number of ether oxygens (including phenoxy) is 2. The van der Waals surface area contributed by atoms with Gasteiger partial charge in [0.1, 0.15) is 18.9 Å². The van der Waals surface area contributed by atoms with Crippen molar-refractivity contribution in [1.82, 2.24) is 4.90 Å². The lowest BCUT2D eigenvalue weighted by Gasteiger charge is -2.27. The molecule has 1 unspecified atom stereocenters. The zero-order valence-electron chi connectivity index (χ0n) is 10.3. The number of likely N-dealkylation sites (tertiary alicyclic amines) is 1. The maximum Gasteiger partial charge on any atom is 0.323 e. The van der Waals surface area contributed by atoms with Crippen molar-refractivity contribution in [2.75, 3.05) is 20.4 Å². The summed E-state index contributed by atoms with van der Waals surface area (Å²) < 4.78 is 23.4. The second-order valence-corrected chi connectivity index (χ2v) is 5.03. The number of esters is 1. The highest BCUT2D eigenvalue weighted by Gasteiger charge is 2.38. The Bertz CT molecular complexity index is 252. The molecule has 1 rings (SSSR count). The molecule has 1 aliphatic heterocycles. The van der Waals surface area contributed by atoms with Crippen molar-refractivity contribution in [3.05, 3.63) is 0 Å². The Labute approximate surface area is 95.7 Å². The molecular formula is C11H20FNO3. The second-order valence-electron chi connectivity index (χ2n) is 5.03. The normalized spacial score (nSPS) is 27.1. The molecule has 0 radical (unpaired) electrons. The Hall–Kier alpha value is -0.680. The molecule has 1 saturated heterocycles. The maximum atomic E-state index is 13.2. The summed E-state index contributed by atoms with van der Waals surface area (Å²) in [6.45, 7) is 6.25. The van der Waals surface area contributed by atoms with Gasteiger partial charge in [0, 0.05) is 13.0 Å². The highest BCUT2D eigenvalue weighted by molar-refractivity contribution is 5.76. The monoisotopic (exact) mass is 233 g/mol. The minimum Gasteiger partial charge on any atom is -0.468 e. The van der Waals surface area contributed by atoms with E-state index in [1.165, 1.54) is 7.11 Å². The van der Waals surface area contributed by atoms with Crippen LogP contribution in [0.15, 0.2) is 0 Å². The van der Waals surface area contributed by atoms with Gasteiger partial charge in [-0.2, -0.15) is 0 Å². The van der Waals surface area contributed by atoms with Crippen molar-refractivity contribution in [3.63, 3.8) is 0 Å². The average molecular weight is 233 g/mol. The van der Waals surface area contributed by atoms with E-state index >= 15 is 0 Å². The van der Waals surface area contributed by atoms with E-state index < -0.39 is 18.2 Å². The molecule has 0 aliphatic carbocycles. The van der Waals surface area contributed by atoms with Gasteiger partial charge in [0.05, 0.1) is 12.7 Å². The van der Waals surface area contributed by atoms with E-state index in [9.17, 15) is 9.18 Å². The smallest absolute Gasteiger partial charge is 0.323 e. The second kappa shape index (κ2) is 5.10. The molecule has 0 aromatic carbocycles. The van der Waals surface area contributed by atoms with Crippen LogP contribution in [0.25, 0.3) is 0 Å². The Kier molecular flexibility index (Phi) is 4.27. The first-order valence-corrected chi connectivity index (χ1v) is 5.43. The Morgan fingerprint density at radius 2 is 2.12 bits per heavy atom. The lowest BCUT2D eigenvalue weighted by atomic mass is 10.2. The van der Waals surface area contributed by atoms with Crippen molar-refractivity contribution >= 4 is 5.97 Å². The molecule has 1 fully saturated rings. The fourth-order valence-electron chi connectivity index (χ4n) is 1.65. The van der Waals surface area contributed by atoms with Crippen LogP contribution in [0.2, 0.25) is 0 Å². The summed E-state index contributed by atoms with van der Waals surface area (Å²) in [7, 11) is 1.32. The van der Waals surface area contributed by atoms with E-state index in [0.29, 0.717) is 0 Å². The lowest BCUT2D eigenvalue weighted by molar-refractivity contribution is -0.150. The molecule has 0 aromatic heterocycles. The van der Waals surface area contributed by atoms with Crippen LogP contribution in [-0.2, 0) is 14.3 Å². The molecule has 94 valence electrons. The first-order valence-electron chi connectivity index (χ1n) is 5.43. The van der Waals surface area contributed by atoms with Crippen molar-refractivity contribution in [2.24, 2.45) is 0 Å². The highest BCUT2D eigenvalue weighted by atomic mass is 19.1. The zero-order chi connectivity index (χ0) is 12.3. The number of rotatable bonds is 3. The summed E-state index contributed by atoms with van der Waals surface area (Å²) in [5.41, 5.74) is -0.297. The number of nitrogens with zero attached hydrogens (tertiary/aromatic N) is 1. The van der Waals surface area contributed by atoms with Gasteiger partial charge in [-0.3, -0.25) is 9.69 Å². The summed E-state index contributed by atoms with van der Waals surface area (Å²) in [5, 5.41) is 0. The minimum atomic E-state index is -0.979. The number of carbonyl (C=O) groups excluding carboxylic acids is 1. The third-order valence-electron chi connectivity index (χ3n) is 2.49. The van der Waals surface area contributed by atoms with Crippen LogP contribution in [0.3, 0.4) is 0 Å². The number of alkyl halides is 1. The summed E-state index contributed by atoms with van der Waals surface area (Å²) in [6, 6.07) is -0.512. The topological polar surface area (TPSA) is 38.8 Å². The van der Waals surface area contributed by atoms with Crippen molar-refractivity contribution < 1.29 is 18.7 Å². The van der Waals surface area contributed by atoms with Crippen LogP contribution < -0.4 is 0 Å². The number of methoxy groups -OCH3 is 1. The third kappa shape index (κ3) is 3.72. The van der Waals surface area contributed by atoms with E-state index in [1.807, 2.05) is 20.8 Å². The van der Waals surface area contributed by atoms with Gasteiger partial charge in [0.2, 0.25) is 0 Å². The van der Waals surface area contributed by atoms with Gasteiger partial charge in [0.15, 0.2) is 0 Å². The number of carbonyl (C=O) groups is 1. The fourth-order valence-corrected chi connectivity index (χ4v) is 1.65. The molecule has 0 aromatic rings. The maximum absolute atomic E-state index is 13.2. The van der Waals surface area contributed by atoms with Crippen LogP contribution in [0, 0.1) is 0 Å². The summed E-state index contributed by atoms with van der Waals surface area (Å²) in [4.78, 5) is 13.1. The summed E-state index contributed by atoms with van der Waals surface area (Å²) >= 11 is 0. The average Bonchev–Trinajstić information content (AvgIpc) is 2.54. The van der Waals surface area contributed by atoms with Crippen LogP contribution in [-0.4, -0.2) is 49.1 Å². The summed E-state index contributed by atoms with van der Waals surface area (Å²) in [5.74, 6) is -0.391. The minimum absolute atomic E-state index is 0.195. The highest BCUT2D eigenvalue weighted by Crippen LogP contribution is 2.22. The SMILES string of the molecule is COC(=O)[C@@H]1CC(F)CN1COC(C)(C)C. The lowest BCUT2D eigenvalue weighted by Crippen LogP contribution is -2.40. The largest absolute Gasteiger partial charge is 0.468 e. The van der Waals surface area contributed by atoms with Crippen molar-refractivity contribution in [3.8, 4) is 0 Å². The fraction of sp³-hybridized carbons (Fsp3) is 0.909. The van der Waals surface area contributed by atoms with Gasteiger partial charge in [-0.15, -0.1) is 0 Å². The van der Waals surface area contributed by atoms with E-state index in [1.54, 1.807) is 4.90 Å². The quantitative estimate of drug-likeness (QED) is 0.690. The van der Waals surface area contributed by atoms with Crippen LogP contribution in [0.4, 0.5) is 4.39 Å². The molecule has 2 atom stereocenters. The third-order valence-corrected chi connectivity index (χ3v) is 2.49. The molecule has 0 spiro atoms. The molecule has 0 amide bonds. The predicted octanol–water partition coefficient (Wildman–Crippen LogP) is 1.34. The number of hydrogen-bond acceptors (Lipinski definition) is 4. The van der Waals surface area contributed by atoms with E-state index in [2.05, 4.69) is 4.74 Å². The standard InChI is InChI=1S/C11H20FNO3/c1-11(2,3)16-7-13-6-8(12)5-9(13)10(14)15-4/h8-9H,5-7H2,1-4H3/t8?,9-/m0/s1. The summed E-state index contributed by atoms with van der Waals surface area (Å²) in [6.07, 6.45) is -0.784. The van der Waals surface area contributed by atoms with E-state index in [0.717, 1.165) is 0 Å². The Morgan fingerprint density at radius 1 is 1.50 bits per heavy atom. The number of halogens is 1. The van der Waals surface area contributed by atoms with Gasteiger partial charge in [-0.25, -0.2) is 4.39 Å². The predicted molar refractivity (Wildman–Crippen MR) is 57.7 cm³/mol. The molecule has 1 heterocycles. The van der Waals surface area contributed by atoms with Crippen molar-refractivity contribution in [1.29, 1.82) is 0 Å².